The summed E-state index contributed by atoms with van der Waals surface area (Å²) in [4.78, 5) is 0. The lowest BCUT2D eigenvalue weighted by molar-refractivity contribution is 0.672. The van der Waals surface area contributed by atoms with E-state index in [1.54, 1.807) is 5.56 Å². The van der Waals surface area contributed by atoms with Crippen molar-refractivity contribution >= 4 is 0 Å². The molecule has 0 aromatic carbocycles. The van der Waals surface area contributed by atoms with Gasteiger partial charge in [-0.05, 0) is 43.7 Å². The summed E-state index contributed by atoms with van der Waals surface area (Å²) in [5.74, 6) is 2.62. The zero-order chi connectivity index (χ0) is 11.3. The SMILES string of the molecule is CCc1nn(C)c(CC)c1C1[C@H]2CNC[C@@H]12. The highest BCUT2D eigenvalue weighted by Crippen LogP contribution is 2.57. The number of nitrogens with zero attached hydrogens (tertiary/aromatic N) is 2. The van der Waals surface area contributed by atoms with Crippen LogP contribution in [-0.2, 0) is 19.9 Å². The molecule has 1 saturated heterocycles. The quantitative estimate of drug-likeness (QED) is 0.834. The molecule has 3 atom stereocenters. The van der Waals surface area contributed by atoms with Gasteiger partial charge in [-0.25, -0.2) is 0 Å². The van der Waals surface area contributed by atoms with E-state index >= 15 is 0 Å². The van der Waals surface area contributed by atoms with Crippen LogP contribution in [0.15, 0.2) is 0 Å². The normalized spacial score (nSPS) is 31.8. The minimum Gasteiger partial charge on any atom is -0.316 e. The molecule has 1 aromatic heterocycles. The van der Waals surface area contributed by atoms with Gasteiger partial charge in [0.2, 0.25) is 0 Å². The molecule has 88 valence electrons. The number of aromatic nitrogens is 2. The molecule has 3 nitrogen and oxygen atoms in total. The van der Waals surface area contributed by atoms with Crippen molar-refractivity contribution in [3.05, 3.63) is 17.0 Å². The summed E-state index contributed by atoms with van der Waals surface area (Å²) in [6, 6.07) is 0. The minimum absolute atomic E-state index is 0.819. The van der Waals surface area contributed by atoms with Gasteiger partial charge in [0.25, 0.3) is 0 Å². The molecular formula is C13H21N3. The molecule has 2 aliphatic rings. The minimum atomic E-state index is 0.819. The molecule has 0 bridgehead atoms. The Hall–Kier alpha value is -0.830. The van der Waals surface area contributed by atoms with Gasteiger partial charge >= 0.3 is 0 Å². The first-order chi connectivity index (χ1) is 7.77. The van der Waals surface area contributed by atoms with E-state index < -0.39 is 0 Å². The maximum Gasteiger partial charge on any atom is 0.0659 e. The lowest BCUT2D eigenvalue weighted by Gasteiger charge is -2.07. The fraction of sp³-hybridized carbons (Fsp3) is 0.769. The second-order valence-electron chi connectivity index (χ2n) is 5.15. The maximum atomic E-state index is 4.68. The molecule has 16 heavy (non-hydrogen) atoms. The van der Waals surface area contributed by atoms with Gasteiger partial charge in [0.15, 0.2) is 0 Å². The summed E-state index contributed by atoms with van der Waals surface area (Å²) >= 11 is 0. The van der Waals surface area contributed by atoms with E-state index in [0.29, 0.717) is 0 Å². The number of piperidine rings is 1. The van der Waals surface area contributed by atoms with Crippen LogP contribution in [0.2, 0.25) is 0 Å². The first-order valence-corrected chi connectivity index (χ1v) is 6.53. The van der Waals surface area contributed by atoms with Gasteiger partial charge < -0.3 is 5.32 Å². The molecule has 1 unspecified atom stereocenters. The van der Waals surface area contributed by atoms with E-state index in [0.717, 1.165) is 30.6 Å². The first kappa shape index (κ1) is 10.3. The van der Waals surface area contributed by atoms with Crippen LogP contribution in [0, 0.1) is 11.8 Å². The monoisotopic (exact) mass is 219 g/mol. The zero-order valence-corrected chi connectivity index (χ0v) is 10.5. The van der Waals surface area contributed by atoms with Crippen molar-refractivity contribution < 1.29 is 0 Å². The van der Waals surface area contributed by atoms with Gasteiger partial charge in [-0.1, -0.05) is 13.8 Å². The number of hydrogen-bond donors (Lipinski definition) is 1. The third-order valence-corrected chi connectivity index (χ3v) is 4.38. The van der Waals surface area contributed by atoms with Crippen LogP contribution in [0.4, 0.5) is 0 Å². The molecule has 1 aromatic rings. The lowest BCUT2D eigenvalue weighted by Crippen LogP contribution is -2.15. The van der Waals surface area contributed by atoms with Crippen molar-refractivity contribution in [2.45, 2.75) is 32.6 Å². The largest absolute Gasteiger partial charge is 0.316 e. The van der Waals surface area contributed by atoms with E-state index in [4.69, 9.17) is 0 Å². The second kappa shape index (κ2) is 3.59. The lowest BCUT2D eigenvalue weighted by atomic mass is 10.0. The summed E-state index contributed by atoms with van der Waals surface area (Å²) in [6.07, 6.45) is 2.19. The highest BCUT2D eigenvalue weighted by atomic mass is 15.3. The standard InChI is InChI=1S/C13H21N3/c1-4-10-13(11(5-2)16(3)15-10)12-8-6-14-7-9(8)12/h8-9,12,14H,4-7H2,1-3H3/t8-,9+,12?. The van der Waals surface area contributed by atoms with Gasteiger partial charge in [0.05, 0.1) is 5.69 Å². The zero-order valence-electron chi connectivity index (χ0n) is 10.5. The van der Waals surface area contributed by atoms with Gasteiger partial charge in [0.1, 0.15) is 0 Å². The summed E-state index contributed by atoms with van der Waals surface area (Å²) in [6.45, 7) is 6.91. The van der Waals surface area contributed by atoms with Crippen LogP contribution >= 0.6 is 0 Å². The fourth-order valence-corrected chi connectivity index (χ4v) is 3.55. The van der Waals surface area contributed by atoms with E-state index in [-0.39, 0.29) is 0 Å². The Morgan fingerprint density at radius 1 is 1.25 bits per heavy atom. The van der Waals surface area contributed by atoms with E-state index in [1.165, 1.54) is 24.5 Å². The Morgan fingerprint density at radius 2 is 1.94 bits per heavy atom. The Labute approximate surface area is 97.2 Å². The number of fused-ring (bicyclic) bond motifs is 1. The van der Waals surface area contributed by atoms with E-state index in [2.05, 4.69) is 36.0 Å². The number of aryl methyl sites for hydroxylation is 2. The second-order valence-corrected chi connectivity index (χ2v) is 5.15. The van der Waals surface area contributed by atoms with Crippen LogP contribution in [0.25, 0.3) is 0 Å². The van der Waals surface area contributed by atoms with Gasteiger partial charge in [-0.15, -0.1) is 0 Å². The molecule has 1 aliphatic carbocycles. The third-order valence-electron chi connectivity index (χ3n) is 4.38. The molecule has 3 rings (SSSR count). The van der Waals surface area contributed by atoms with Crippen molar-refractivity contribution in [2.24, 2.45) is 18.9 Å². The summed E-state index contributed by atoms with van der Waals surface area (Å²) in [5.41, 5.74) is 4.42. The van der Waals surface area contributed by atoms with Crippen LogP contribution in [0.1, 0.15) is 36.7 Å². The Kier molecular flexibility index (Phi) is 2.32. The van der Waals surface area contributed by atoms with Gasteiger partial charge in [-0.3, -0.25) is 4.68 Å². The van der Waals surface area contributed by atoms with E-state index in [1.807, 2.05) is 0 Å². The van der Waals surface area contributed by atoms with Crippen molar-refractivity contribution in [1.82, 2.24) is 15.1 Å². The highest BCUT2D eigenvalue weighted by molar-refractivity contribution is 5.38. The number of hydrogen-bond acceptors (Lipinski definition) is 2. The van der Waals surface area contributed by atoms with Crippen LogP contribution in [0.5, 0.6) is 0 Å². The topological polar surface area (TPSA) is 29.9 Å². The van der Waals surface area contributed by atoms with Crippen LogP contribution in [-0.4, -0.2) is 22.9 Å². The number of nitrogens with one attached hydrogen (secondary N) is 1. The average molecular weight is 219 g/mol. The molecule has 3 heteroatoms. The molecule has 0 spiro atoms. The Morgan fingerprint density at radius 3 is 2.50 bits per heavy atom. The molecular weight excluding hydrogens is 198 g/mol. The molecule has 0 radical (unpaired) electrons. The van der Waals surface area contributed by atoms with Gasteiger partial charge in [0, 0.05) is 18.3 Å². The van der Waals surface area contributed by atoms with Crippen molar-refractivity contribution in [1.29, 1.82) is 0 Å². The predicted molar refractivity (Wildman–Crippen MR) is 64.6 cm³/mol. The number of rotatable bonds is 3. The predicted octanol–water partition coefficient (Wildman–Crippen LogP) is 1.48. The molecule has 2 heterocycles. The summed E-state index contributed by atoms with van der Waals surface area (Å²) < 4.78 is 2.11. The van der Waals surface area contributed by atoms with Crippen LogP contribution in [0.3, 0.4) is 0 Å². The van der Waals surface area contributed by atoms with Gasteiger partial charge in [-0.2, -0.15) is 5.10 Å². The molecule has 1 aliphatic heterocycles. The molecule has 2 fully saturated rings. The highest BCUT2D eigenvalue weighted by Gasteiger charge is 2.55. The van der Waals surface area contributed by atoms with Crippen molar-refractivity contribution in [3.8, 4) is 0 Å². The maximum absolute atomic E-state index is 4.68. The summed E-state index contributed by atoms with van der Waals surface area (Å²) in [7, 11) is 2.10. The molecule has 1 N–H and O–H groups in total. The third kappa shape index (κ3) is 1.27. The van der Waals surface area contributed by atoms with E-state index in [9.17, 15) is 0 Å². The van der Waals surface area contributed by atoms with Crippen LogP contribution < -0.4 is 5.32 Å². The molecule has 0 amide bonds. The summed E-state index contributed by atoms with van der Waals surface area (Å²) in [5, 5.41) is 8.16. The average Bonchev–Trinajstić information content (AvgIpc) is 2.66. The Bertz CT molecular complexity index is 398. The van der Waals surface area contributed by atoms with Crippen molar-refractivity contribution in [2.75, 3.05) is 13.1 Å². The Balaban J connectivity index is 1.99. The molecule has 1 saturated carbocycles. The fourth-order valence-electron chi connectivity index (χ4n) is 3.55. The van der Waals surface area contributed by atoms with Crippen molar-refractivity contribution in [3.63, 3.8) is 0 Å². The first-order valence-electron chi connectivity index (χ1n) is 6.53. The smallest absolute Gasteiger partial charge is 0.0659 e.